The minimum absolute atomic E-state index is 0.0284. The standard InChI is InChI=1S/C18H26N6O2/c1-3-24-16-4-6-23(9-13(16)15(10-25)22-24)17-8-14(12-5-7-26-11-12)20-18(19-2)21-17/h8,12,25H,3-7,9-11H2,1-2H3,(H,19,20,21)/t12-/m1/s1. The van der Waals surface area contributed by atoms with Gasteiger partial charge in [0.2, 0.25) is 5.95 Å². The third kappa shape index (κ3) is 3.03. The SMILES string of the molecule is CCn1nc(CO)c2c1CCN(c1cc([C@@H]3CCOC3)nc(NC)n1)C2. The predicted octanol–water partition coefficient (Wildman–Crippen LogP) is 1.29. The van der Waals surface area contributed by atoms with Crippen molar-refractivity contribution in [3.63, 3.8) is 0 Å². The highest BCUT2D eigenvalue weighted by molar-refractivity contribution is 5.48. The van der Waals surface area contributed by atoms with Crippen LogP contribution in [-0.2, 0) is 30.9 Å². The van der Waals surface area contributed by atoms with Gasteiger partial charge in [0.1, 0.15) is 5.82 Å². The molecule has 0 unspecified atom stereocenters. The van der Waals surface area contributed by atoms with Crippen molar-refractivity contribution in [1.29, 1.82) is 0 Å². The Kier molecular flexibility index (Phi) is 4.78. The zero-order valence-electron chi connectivity index (χ0n) is 15.4. The molecule has 140 valence electrons. The molecule has 2 aliphatic rings. The highest BCUT2D eigenvalue weighted by atomic mass is 16.5. The van der Waals surface area contributed by atoms with Crippen molar-refractivity contribution >= 4 is 11.8 Å². The summed E-state index contributed by atoms with van der Waals surface area (Å²) < 4.78 is 7.54. The molecule has 0 aliphatic carbocycles. The number of anilines is 2. The van der Waals surface area contributed by atoms with Gasteiger partial charge in [-0.3, -0.25) is 4.68 Å². The quantitative estimate of drug-likeness (QED) is 0.833. The number of hydrogen-bond donors (Lipinski definition) is 2. The summed E-state index contributed by atoms with van der Waals surface area (Å²) in [6.07, 6.45) is 1.90. The van der Waals surface area contributed by atoms with Gasteiger partial charge in [0, 0.05) is 63.0 Å². The van der Waals surface area contributed by atoms with Crippen molar-refractivity contribution in [1.82, 2.24) is 19.7 Å². The molecule has 4 heterocycles. The summed E-state index contributed by atoms with van der Waals surface area (Å²) in [7, 11) is 1.84. The molecular weight excluding hydrogens is 332 g/mol. The molecule has 8 nitrogen and oxygen atoms in total. The number of nitrogens with zero attached hydrogens (tertiary/aromatic N) is 5. The fourth-order valence-electron chi connectivity index (χ4n) is 3.85. The van der Waals surface area contributed by atoms with Crippen LogP contribution in [0.1, 0.15) is 41.9 Å². The molecule has 0 saturated carbocycles. The number of rotatable bonds is 5. The van der Waals surface area contributed by atoms with Gasteiger partial charge in [0.25, 0.3) is 0 Å². The first-order chi connectivity index (χ1) is 12.7. The lowest BCUT2D eigenvalue weighted by molar-refractivity contribution is 0.193. The Morgan fingerprint density at radius 1 is 1.38 bits per heavy atom. The van der Waals surface area contributed by atoms with Gasteiger partial charge in [-0.2, -0.15) is 10.1 Å². The lowest BCUT2D eigenvalue weighted by Gasteiger charge is -2.29. The van der Waals surface area contributed by atoms with Crippen molar-refractivity contribution in [2.75, 3.05) is 37.0 Å². The third-order valence-corrected chi connectivity index (χ3v) is 5.29. The molecule has 26 heavy (non-hydrogen) atoms. The summed E-state index contributed by atoms with van der Waals surface area (Å²) in [6.45, 7) is 5.99. The number of aromatic nitrogens is 4. The van der Waals surface area contributed by atoms with E-state index in [1.54, 1.807) is 0 Å². The zero-order chi connectivity index (χ0) is 18.1. The van der Waals surface area contributed by atoms with Gasteiger partial charge < -0.3 is 20.1 Å². The Labute approximate surface area is 153 Å². The number of nitrogens with one attached hydrogen (secondary N) is 1. The van der Waals surface area contributed by atoms with Crippen molar-refractivity contribution in [3.05, 3.63) is 28.7 Å². The van der Waals surface area contributed by atoms with Gasteiger partial charge in [-0.05, 0) is 13.3 Å². The van der Waals surface area contributed by atoms with E-state index in [0.29, 0.717) is 18.4 Å². The Bertz CT molecular complexity index is 784. The van der Waals surface area contributed by atoms with Crippen molar-refractivity contribution < 1.29 is 9.84 Å². The van der Waals surface area contributed by atoms with Crippen molar-refractivity contribution in [3.8, 4) is 0 Å². The predicted molar refractivity (Wildman–Crippen MR) is 98.3 cm³/mol. The van der Waals surface area contributed by atoms with Crippen LogP contribution in [0.5, 0.6) is 0 Å². The highest BCUT2D eigenvalue weighted by Crippen LogP contribution is 2.30. The van der Waals surface area contributed by atoms with Crippen LogP contribution in [-0.4, -0.2) is 51.7 Å². The van der Waals surface area contributed by atoms with Gasteiger partial charge >= 0.3 is 0 Å². The monoisotopic (exact) mass is 358 g/mol. The number of ether oxygens (including phenoxy) is 1. The second kappa shape index (κ2) is 7.20. The first-order valence-electron chi connectivity index (χ1n) is 9.31. The average molecular weight is 358 g/mol. The smallest absolute Gasteiger partial charge is 0.224 e. The van der Waals surface area contributed by atoms with Gasteiger partial charge in [-0.1, -0.05) is 0 Å². The molecular formula is C18H26N6O2. The molecule has 0 radical (unpaired) electrons. The van der Waals surface area contributed by atoms with E-state index >= 15 is 0 Å². The number of aliphatic hydroxyl groups excluding tert-OH is 1. The number of hydrogen-bond acceptors (Lipinski definition) is 7. The van der Waals surface area contributed by atoms with Crippen molar-refractivity contribution in [2.45, 2.75) is 45.4 Å². The molecule has 2 N–H and O–H groups in total. The molecule has 2 aromatic rings. The molecule has 1 atom stereocenters. The molecule has 1 saturated heterocycles. The van der Waals surface area contributed by atoms with Gasteiger partial charge in [0.15, 0.2) is 0 Å². The van der Waals surface area contributed by atoms with Crippen LogP contribution in [0.25, 0.3) is 0 Å². The van der Waals surface area contributed by atoms with Crippen LogP contribution in [0.3, 0.4) is 0 Å². The van der Waals surface area contributed by atoms with E-state index in [0.717, 1.165) is 61.9 Å². The minimum Gasteiger partial charge on any atom is -0.390 e. The summed E-state index contributed by atoms with van der Waals surface area (Å²) in [5, 5.41) is 17.3. The Hall–Kier alpha value is -2.19. The van der Waals surface area contributed by atoms with E-state index in [2.05, 4.69) is 38.3 Å². The van der Waals surface area contributed by atoms with E-state index in [-0.39, 0.29) is 6.61 Å². The topological polar surface area (TPSA) is 88.3 Å². The van der Waals surface area contributed by atoms with Crippen LogP contribution in [0.15, 0.2) is 6.07 Å². The lowest BCUT2D eigenvalue weighted by Crippen LogP contribution is -2.32. The molecule has 0 bridgehead atoms. The van der Waals surface area contributed by atoms with Crippen LogP contribution < -0.4 is 10.2 Å². The number of aryl methyl sites for hydroxylation is 1. The van der Waals surface area contributed by atoms with E-state index in [4.69, 9.17) is 4.74 Å². The van der Waals surface area contributed by atoms with Crippen LogP contribution in [0, 0.1) is 0 Å². The molecule has 4 rings (SSSR count). The van der Waals surface area contributed by atoms with Crippen molar-refractivity contribution in [2.24, 2.45) is 0 Å². The van der Waals surface area contributed by atoms with E-state index < -0.39 is 0 Å². The van der Waals surface area contributed by atoms with E-state index in [1.165, 1.54) is 5.69 Å². The lowest BCUT2D eigenvalue weighted by atomic mass is 10.0. The van der Waals surface area contributed by atoms with Gasteiger partial charge in [-0.15, -0.1) is 0 Å². The third-order valence-electron chi connectivity index (χ3n) is 5.29. The summed E-state index contributed by atoms with van der Waals surface area (Å²) in [5.74, 6) is 1.90. The van der Waals surface area contributed by atoms with Gasteiger partial charge in [0.05, 0.1) is 24.6 Å². The maximum Gasteiger partial charge on any atom is 0.224 e. The average Bonchev–Trinajstić information content (AvgIpc) is 3.34. The second-order valence-corrected chi connectivity index (χ2v) is 6.80. The molecule has 1 fully saturated rings. The highest BCUT2D eigenvalue weighted by Gasteiger charge is 2.27. The van der Waals surface area contributed by atoms with Crippen LogP contribution in [0.2, 0.25) is 0 Å². The number of aliphatic hydroxyl groups is 1. The Morgan fingerprint density at radius 3 is 2.96 bits per heavy atom. The number of fused-ring (bicyclic) bond motifs is 1. The van der Waals surface area contributed by atoms with Crippen LogP contribution >= 0.6 is 0 Å². The molecule has 2 aliphatic heterocycles. The van der Waals surface area contributed by atoms with Crippen LogP contribution in [0.4, 0.5) is 11.8 Å². The minimum atomic E-state index is -0.0284. The van der Waals surface area contributed by atoms with Gasteiger partial charge in [-0.25, -0.2) is 4.98 Å². The Morgan fingerprint density at radius 2 is 2.27 bits per heavy atom. The summed E-state index contributed by atoms with van der Waals surface area (Å²) in [4.78, 5) is 11.6. The molecule has 0 spiro atoms. The molecule has 8 heteroatoms. The second-order valence-electron chi connectivity index (χ2n) is 6.80. The first-order valence-corrected chi connectivity index (χ1v) is 9.31. The molecule has 2 aromatic heterocycles. The maximum atomic E-state index is 9.69. The normalized spacial score (nSPS) is 19.7. The zero-order valence-corrected chi connectivity index (χ0v) is 15.4. The summed E-state index contributed by atoms with van der Waals surface area (Å²) in [6, 6.07) is 2.09. The molecule has 0 aromatic carbocycles. The van der Waals surface area contributed by atoms with E-state index in [1.807, 2.05) is 11.7 Å². The van der Waals surface area contributed by atoms with E-state index in [9.17, 15) is 5.11 Å². The maximum absolute atomic E-state index is 9.69. The first kappa shape index (κ1) is 17.2. The Balaban J connectivity index is 1.66. The largest absolute Gasteiger partial charge is 0.390 e. The molecule has 0 amide bonds. The fourth-order valence-corrected chi connectivity index (χ4v) is 3.85. The summed E-state index contributed by atoms with van der Waals surface area (Å²) in [5.41, 5.74) is 4.18. The summed E-state index contributed by atoms with van der Waals surface area (Å²) >= 11 is 0. The fraction of sp³-hybridized carbons (Fsp3) is 0.611.